The molecule has 0 saturated heterocycles. The van der Waals surface area contributed by atoms with Crippen LogP contribution in [-0.4, -0.2) is 5.11 Å². The lowest BCUT2D eigenvalue weighted by molar-refractivity contribution is 0.0672. The maximum atomic E-state index is 12.0. The minimum Gasteiger partial charge on any atom is -0.381 e. The minimum atomic E-state index is -1.17. The topological polar surface area (TPSA) is 20.2 Å². The molecule has 1 nitrogen and oxygen atoms in total. The van der Waals surface area contributed by atoms with Crippen molar-refractivity contribution in [2.45, 2.75) is 24.4 Å². The molecule has 0 radical (unpaired) electrons. The Morgan fingerprint density at radius 2 is 1.56 bits per heavy atom. The van der Waals surface area contributed by atoms with E-state index in [1.807, 2.05) is 48.5 Å². The zero-order chi connectivity index (χ0) is 22.3. The molecule has 2 unspecified atom stereocenters. The van der Waals surface area contributed by atoms with Crippen LogP contribution in [0.25, 0.3) is 16.3 Å². The average Bonchev–Trinajstić information content (AvgIpc) is 2.79. The molecule has 0 spiro atoms. The molecule has 4 heteroatoms. The van der Waals surface area contributed by atoms with Gasteiger partial charge in [-0.25, -0.2) is 0 Å². The number of benzene rings is 4. The van der Waals surface area contributed by atoms with Gasteiger partial charge in [0.1, 0.15) is 5.60 Å². The third kappa shape index (κ3) is 3.97. The Morgan fingerprint density at radius 1 is 0.844 bits per heavy atom. The Kier molecular flexibility index (Phi) is 6.02. The van der Waals surface area contributed by atoms with Gasteiger partial charge in [-0.1, -0.05) is 100 Å². The Bertz CT molecular complexity index is 1350. The van der Waals surface area contributed by atoms with Crippen molar-refractivity contribution in [3.63, 3.8) is 0 Å². The average molecular weight is 569 g/mol. The zero-order valence-electron chi connectivity index (χ0n) is 17.2. The molecule has 0 aromatic heterocycles. The van der Waals surface area contributed by atoms with Crippen LogP contribution in [0.15, 0.2) is 100.0 Å². The molecular weight excluding hydrogens is 548 g/mol. The molecule has 0 heterocycles. The fraction of sp³-hybridized carbons (Fsp3) is 0.143. The molecule has 0 amide bonds. The van der Waals surface area contributed by atoms with Crippen LogP contribution in [0.5, 0.6) is 0 Å². The first-order valence-corrected chi connectivity index (χ1v) is 12.5. The number of fused-ring (bicyclic) bond motifs is 1. The quantitative estimate of drug-likeness (QED) is 0.262. The van der Waals surface area contributed by atoms with Gasteiger partial charge in [0.25, 0.3) is 0 Å². The van der Waals surface area contributed by atoms with E-state index in [2.05, 4.69) is 74.3 Å². The van der Waals surface area contributed by atoms with Gasteiger partial charge in [0.15, 0.2) is 0 Å². The van der Waals surface area contributed by atoms with Crippen LogP contribution >= 0.6 is 43.5 Å². The highest BCUT2D eigenvalue weighted by Crippen LogP contribution is 2.50. The van der Waals surface area contributed by atoms with Crippen LogP contribution < -0.4 is 0 Å². The van der Waals surface area contributed by atoms with Crippen molar-refractivity contribution in [1.82, 2.24) is 0 Å². The second kappa shape index (κ2) is 8.79. The number of halogens is 3. The van der Waals surface area contributed by atoms with Crippen LogP contribution in [-0.2, 0) is 5.60 Å². The van der Waals surface area contributed by atoms with Crippen LogP contribution in [0.1, 0.15) is 35.4 Å². The van der Waals surface area contributed by atoms with Crippen molar-refractivity contribution in [2.24, 2.45) is 0 Å². The molecule has 4 aromatic carbocycles. The van der Waals surface area contributed by atoms with E-state index in [0.29, 0.717) is 11.4 Å². The molecular formula is C28H21Br2ClO. The molecule has 1 aliphatic rings. The van der Waals surface area contributed by atoms with Gasteiger partial charge in [0.05, 0.1) is 0 Å². The number of aliphatic hydroxyl groups is 1. The third-order valence-corrected chi connectivity index (χ3v) is 8.24. The summed E-state index contributed by atoms with van der Waals surface area (Å²) >= 11 is 14.2. The van der Waals surface area contributed by atoms with E-state index in [-0.39, 0.29) is 5.92 Å². The first-order chi connectivity index (χ1) is 15.5. The first-order valence-electron chi connectivity index (χ1n) is 10.6. The Labute approximate surface area is 210 Å². The van der Waals surface area contributed by atoms with Gasteiger partial charge in [0.2, 0.25) is 0 Å². The Hall–Kier alpha value is -1.91. The predicted molar refractivity (Wildman–Crippen MR) is 141 cm³/mol. The largest absolute Gasteiger partial charge is 0.381 e. The smallest absolute Gasteiger partial charge is 0.110 e. The standard InChI is InChI=1S/C28H21Br2ClO/c29-25-11-5-3-8-21(25)19-15-20(17-28(32,16-19)24-10-4-6-12-26(24)31)23-14-13-18-7-1-2-9-22(18)27(23)30/h1-14,16,20,32H,15,17H2. The van der Waals surface area contributed by atoms with Gasteiger partial charge in [-0.3, -0.25) is 0 Å². The lowest BCUT2D eigenvalue weighted by Crippen LogP contribution is -2.30. The third-order valence-electron chi connectivity index (χ3n) is 6.33. The summed E-state index contributed by atoms with van der Waals surface area (Å²) in [4.78, 5) is 0. The lowest BCUT2D eigenvalue weighted by Gasteiger charge is -2.37. The molecule has 1 N–H and O–H groups in total. The van der Waals surface area contributed by atoms with Crippen molar-refractivity contribution in [1.29, 1.82) is 0 Å². The van der Waals surface area contributed by atoms with Crippen molar-refractivity contribution in [3.05, 3.63) is 122 Å². The molecule has 2 atom stereocenters. The number of hydrogen-bond donors (Lipinski definition) is 1. The van der Waals surface area contributed by atoms with E-state index < -0.39 is 5.60 Å². The second-order valence-corrected chi connectivity index (χ2v) is 10.4. The van der Waals surface area contributed by atoms with Gasteiger partial charge in [-0.15, -0.1) is 0 Å². The highest BCUT2D eigenvalue weighted by molar-refractivity contribution is 9.11. The van der Waals surface area contributed by atoms with Crippen molar-refractivity contribution in [3.8, 4) is 0 Å². The summed E-state index contributed by atoms with van der Waals surface area (Å²) in [6.07, 6.45) is 3.38. The molecule has 0 aliphatic heterocycles. The van der Waals surface area contributed by atoms with Crippen LogP contribution in [0.4, 0.5) is 0 Å². The van der Waals surface area contributed by atoms with Crippen molar-refractivity contribution < 1.29 is 5.11 Å². The monoisotopic (exact) mass is 566 g/mol. The maximum absolute atomic E-state index is 12.0. The molecule has 32 heavy (non-hydrogen) atoms. The Morgan fingerprint density at radius 3 is 2.38 bits per heavy atom. The lowest BCUT2D eigenvalue weighted by atomic mass is 9.72. The van der Waals surface area contributed by atoms with E-state index >= 15 is 0 Å². The first kappa shape index (κ1) is 21.9. The normalized spacial score (nSPS) is 20.9. The molecule has 5 rings (SSSR count). The predicted octanol–water partition coefficient (Wildman–Crippen LogP) is 8.87. The van der Waals surface area contributed by atoms with Gasteiger partial charge in [-0.2, -0.15) is 0 Å². The summed E-state index contributed by atoms with van der Waals surface area (Å²) in [5, 5.41) is 14.9. The highest BCUT2D eigenvalue weighted by atomic mass is 79.9. The van der Waals surface area contributed by atoms with E-state index in [0.717, 1.165) is 32.1 Å². The summed E-state index contributed by atoms with van der Waals surface area (Å²) in [6, 6.07) is 28.5. The summed E-state index contributed by atoms with van der Waals surface area (Å²) in [5.41, 5.74) is 2.98. The van der Waals surface area contributed by atoms with E-state index in [9.17, 15) is 5.11 Å². The number of rotatable bonds is 3. The van der Waals surface area contributed by atoms with Crippen LogP contribution in [0.2, 0.25) is 5.02 Å². The summed E-state index contributed by atoms with van der Waals surface area (Å²) in [6.45, 7) is 0. The fourth-order valence-electron chi connectivity index (χ4n) is 4.81. The molecule has 0 bridgehead atoms. The van der Waals surface area contributed by atoms with Crippen LogP contribution in [0.3, 0.4) is 0 Å². The molecule has 0 saturated carbocycles. The fourth-order valence-corrected chi connectivity index (χ4v) is 6.47. The number of allylic oxidation sites excluding steroid dienone is 1. The van der Waals surface area contributed by atoms with Gasteiger partial charge in [-0.05, 0) is 80.4 Å². The SMILES string of the molecule is OC1(c2ccccc2Cl)C=C(c2ccccc2Br)CC(c2ccc3ccccc3c2Br)C1. The molecule has 4 aromatic rings. The van der Waals surface area contributed by atoms with Gasteiger partial charge in [0, 0.05) is 19.5 Å². The van der Waals surface area contributed by atoms with E-state index in [4.69, 9.17) is 11.6 Å². The second-order valence-electron chi connectivity index (χ2n) is 8.35. The van der Waals surface area contributed by atoms with Gasteiger partial charge < -0.3 is 5.11 Å². The number of hydrogen-bond acceptors (Lipinski definition) is 1. The maximum Gasteiger partial charge on any atom is 0.110 e. The summed E-state index contributed by atoms with van der Waals surface area (Å²) < 4.78 is 2.11. The van der Waals surface area contributed by atoms with Crippen molar-refractivity contribution >= 4 is 59.8 Å². The minimum absolute atomic E-state index is 0.113. The van der Waals surface area contributed by atoms with Crippen molar-refractivity contribution in [2.75, 3.05) is 0 Å². The van der Waals surface area contributed by atoms with Crippen LogP contribution in [0, 0.1) is 0 Å². The highest BCUT2D eigenvalue weighted by Gasteiger charge is 2.38. The zero-order valence-corrected chi connectivity index (χ0v) is 21.2. The van der Waals surface area contributed by atoms with E-state index in [1.165, 1.54) is 16.3 Å². The summed E-state index contributed by atoms with van der Waals surface area (Å²) in [5.74, 6) is 0.113. The molecule has 0 fully saturated rings. The van der Waals surface area contributed by atoms with Gasteiger partial charge >= 0.3 is 0 Å². The van der Waals surface area contributed by atoms with E-state index in [1.54, 1.807) is 0 Å². The Balaban J connectivity index is 1.68. The molecule has 160 valence electrons. The summed E-state index contributed by atoms with van der Waals surface area (Å²) in [7, 11) is 0. The molecule has 1 aliphatic carbocycles.